The third-order valence-electron chi connectivity index (χ3n) is 4.70. The minimum atomic E-state index is -0.0868. The smallest absolute Gasteiger partial charge is 0.239 e. The molecule has 9 nitrogen and oxygen atoms in total. The van der Waals surface area contributed by atoms with Crippen LogP contribution in [-0.2, 0) is 11.2 Å². The summed E-state index contributed by atoms with van der Waals surface area (Å²) in [5, 5.41) is 17.7. The van der Waals surface area contributed by atoms with Crippen molar-refractivity contribution in [1.82, 2.24) is 25.5 Å². The molecule has 0 aliphatic carbocycles. The quantitative estimate of drug-likeness (QED) is 0.557. The highest BCUT2D eigenvalue weighted by Crippen LogP contribution is 2.27. The molecule has 1 aromatic heterocycles. The summed E-state index contributed by atoms with van der Waals surface area (Å²) in [4.78, 5) is 12.2. The second kappa shape index (κ2) is 9.73. The summed E-state index contributed by atoms with van der Waals surface area (Å²) in [7, 11) is 3.21. The van der Waals surface area contributed by atoms with Crippen molar-refractivity contribution in [2.45, 2.75) is 20.3 Å². The second-order valence-corrected chi connectivity index (χ2v) is 6.78. The van der Waals surface area contributed by atoms with Gasteiger partial charge in [0.25, 0.3) is 0 Å². The molecule has 0 saturated heterocycles. The van der Waals surface area contributed by atoms with Gasteiger partial charge in [-0.25, -0.2) is 0 Å². The number of methoxy groups -OCH3 is 2. The Bertz CT molecular complexity index is 1020. The van der Waals surface area contributed by atoms with Crippen molar-refractivity contribution in [3.63, 3.8) is 0 Å². The standard InChI is InChI=1S/C21H26N6O3/c1-14-5-7-17(12-18(14)27-15(2)24-25-26-27)23-13-21(28)22-10-9-16-6-8-19(29-3)20(11-16)30-4/h5-8,11-12,23H,9-10,13H2,1-4H3,(H,22,28). The lowest BCUT2D eigenvalue weighted by Gasteiger charge is -2.12. The van der Waals surface area contributed by atoms with E-state index in [9.17, 15) is 4.79 Å². The van der Waals surface area contributed by atoms with E-state index in [1.165, 1.54) is 0 Å². The van der Waals surface area contributed by atoms with Crippen molar-refractivity contribution in [3.05, 3.63) is 53.3 Å². The van der Waals surface area contributed by atoms with Gasteiger partial charge < -0.3 is 20.1 Å². The molecule has 0 bridgehead atoms. The normalized spacial score (nSPS) is 10.5. The molecule has 2 aromatic carbocycles. The number of aryl methyl sites for hydroxylation is 2. The fraction of sp³-hybridized carbons (Fsp3) is 0.333. The highest BCUT2D eigenvalue weighted by molar-refractivity contribution is 5.80. The first-order valence-corrected chi connectivity index (χ1v) is 9.59. The van der Waals surface area contributed by atoms with Crippen LogP contribution in [0.4, 0.5) is 5.69 Å². The maximum atomic E-state index is 12.2. The van der Waals surface area contributed by atoms with Crippen molar-refractivity contribution >= 4 is 11.6 Å². The van der Waals surface area contributed by atoms with E-state index in [4.69, 9.17) is 9.47 Å². The van der Waals surface area contributed by atoms with E-state index in [-0.39, 0.29) is 12.5 Å². The van der Waals surface area contributed by atoms with Crippen molar-refractivity contribution in [3.8, 4) is 17.2 Å². The minimum absolute atomic E-state index is 0.0868. The predicted molar refractivity (Wildman–Crippen MR) is 113 cm³/mol. The Morgan fingerprint density at radius 3 is 2.57 bits per heavy atom. The molecule has 0 spiro atoms. The van der Waals surface area contributed by atoms with Crippen molar-refractivity contribution < 1.29 is 14.3 Å². The summed E-state index contributed by atoms with van der Waals surface area (Å²) in [6.45, 7) is 4.52. The van der Waals surface area contributed by atoms with E-state index in [0.29, 0.717) is 30.3 Å². The average molecular weight is 410 g/mol. The molecule has 1 heterocycles. The molecule has 9 heteroatoms. The van der Waals surface area contributed by atoms with Crippen LogP contribution in [0.2, 0.25) is 0 Å². The fourth-order valence-electron chi connectivity index (χ4n) is 3.03. The number of tetrazole rings is 1. The van der Waals surface area contributed by atoms with E-state index in [1.54, 1.807) is 18.9 Å². The lowest BCUT2D eigenvalue weighted by Crippen LogP contribution is -2.31. The van der Waals surface area contributed by atoms with Gasteiger partial charge >= 0.3 is 0 Å². The molecule has 0 aliphatic rings. The Labute approximate surface area is 175 Å². The summed E-state index contributed by atoms with van der Waals surface area (Å²) < 4.78 is 12.2. The van der Waals surface area contributed by atoms with Gasteiger partial charge in [-0.05, 0) is 66.1 Å². The number of rotatable bonds is 9. The van der Waals surface area contributed by atoms with Gasteiger partial charge in [0.1, 0.15) is 0 Å². The van der Waals surface area contributed by atoms with Crippen LogP contribution in [0.5, 0.6) is 11.5 Å². The zero-order valence-corrected chi connectivity index (χ0v) is 17.6. The summed E-state index contributed by atoms with van der Waals surface area (Å²) in [5.74, 6) is 1.97. The molecule has 0 atom stereocenters. The van der Waals surface area contributed by atoms with Crippen LogP contribution in [0, 0.1) is 13.8 Å². The van der Waals surface area contributed by atoms with Crippen molar-refractivity contribution in [1.29, 1.82) is 0 Å². The van der Waals surface area contributed by atoms with Gasteiger partial charge in [0.15, 0.2) is 17.3 Å². The largest absolute Gasteiger partial charge is 0.493 e. The SMILES string of the molecule is COc1ccc(CCNC(=O)CNc2ccc(C)c(-n3nnnc3C)c2)cc1OC. The first-order valence-electron chi connectivity index (χ1n) is 9.59. The summed E-state index contributed by atoms with van der Waals surface area (Å²) in [5.41, 5.74) is 3.79. The molecule has 1 amide bonds. The van der Waals surface area contributed by atoms with Gasteiger partial charge in [-0.15, -0.1) is 5.10 Å². The van der Waals surface area contributed by atoms with Gasteiger partial charge in [0.05, 0.1) is 26.5 Å². The number of benzene rings is 2. The number of amides is 1. The lowest BCUT2D eigenvalue weighted by molar-refractivity contribution is -0.119. The third kappa shape index (κ3) is 5.05. The number of carbonyl (C=O) groups is 1. The highest BCUT2D eigenvalue weighted by atomic mass is 16.5. The van der Waals surface area contributed by atoms with Crippen LogP contribution in [0.15, 0.2) is 36.4 Å². The maximum Gasteiger partial charge on any atom is 0.239 e. The molecule has 2 N–H and O–H groups in total. The molecule has 3 rings (SSSR count). The Morgan fingerprint density at radius 2 is 1.87 bits per heavy atom. The van der Waals surface area contributed by atoms with E-state index in [1.807, 2.05) is 50.2 Å². The van der Waals surface area contributed by atoms with Gasteiger partial charge in [-0.3, -0.25) is 4.79 Å². The lowest BCUT2D eigenvalue weighted by atomic mass is 10.1. The number of nitrogens with one attached hydrogen (secondary N) is 2. The van der Waals surface area contributed by atoms with Crippen LogP contribution < -0.4 is 20.1 Å². The topological polar surface area (TPSA) is 103 Å². The van der Waals surface area contributed by atoms with Crippen molar-refractivity contribution in [2.24, 2.45) is 0 Å². The number of carbonyl (C=O) groups excluding carboxylic acids is 1. The first kappa shape index (κ1) is 21.1. The fourth-order valence-corrected chi connectivity index (χ4v) is 3.03. The number of anilines is 1. The van der Waals surface area contributed by atoms with Crippen molar-refractivity contribution in [2.75, 3.05) is 32.6 Å². The maximum absolute atomic E-state index is 12.2. The number of nitrogens with zero attached hydrogens (tertiary/aromatic N) is 4. The first-order chi connectivity index (χ1) is 14.5. The Hall–Kier alpha value is -3.62. The zero-order chi connectivity index (χ0) is 21.5. The molecule has 0 radical (unpaired) electrons. The van der Waals surface area contributed by atoms with Gasteiger partial charge in [0, 0.05) is 12.2 Å². The van der Waals surface area contributed by atoms with E-state index in [2.05, 4.69) is 26.2 Å². The molecule has 30 heavy (non-hydrogen) atoms. The van der Waals surface area contributed by atoms with E-state index >= 15 is 0 Å². The monoisotopic (exact) mass is 410 g/mol. The number of ether oxygens (including phenoxy) is 2. The molecule has 0 fully saturated rings. The van der Waals surface area contributed by atoms with Gasteiger partial charge in [-0.2, -0.15) is 4.68 Å². The molecule has 158 valence electrons. The molecule has 0 aliphatic heterocycles. The molecule has 0 saturated carbocycles. The summed E-state index contributed by atoms with van der Waals surface area (Å²) in [6, 6.07) is 11.6. The Balaban J connectivity index is 1.51. The number of hydrogen-bond donors (Lipinski definition) is 2. The zero-order valence-electron chi connectivity index (χ0n) is 17.6. The molecule has 3 aromatic rings. The number of hydrogen-bond acceptors (Lipinski definition) is 7. The van der Waals surface area contributed by atoms with Crippen LogP contribution in [0.3, 0.4) is 0 Å². The van der Waals surface area contributed by atoms with E-state index in [0.717, 1.165) is 22.5 Å². The van der Waals surface area contributed by atoms with Gasteiger partial charge in [-0.1, -0.05) is 12.1 Å². The second-order valence-electron chi connectivity index (χ2n) is 6.78. The van der Waals surface area contributed by atoms with Gasteiger partial charge in [0.2, 0.25) is 5.91 Å². The summed E-state index contributed by atoms with van der Waals surface area (Å²) in [6.07, 6.45) is 0.694. The Kier molecular flexibility index (Phi) is 6.84. The third-order valence-corrected chi connectivity index (χ3v) is 4.70. The Morgan fingerprint density at radius 1 is 1.07 bits per heavy atom. The minimum Gasteiger partial charge on any atom is -0.493 e. The predicted octanol–water partition coefficient (Wildman–Crippen LogP) is 2.07. The van der Waals surface area contributed by atoms with Crippen LogP contribution in [-0.4, -0.2) is 53.4 Å². The van der Waals surface area contributed by atoms with Crippen LogP contribution in [0.1, 0.15) is 17.0 Å². The molecule has 0 unspecified atom stereocenters. The summed E-state index contributed by atoms with van der Waals surface area (Å²) >= 11 is 0. The van der Waals surface area contributed by atoms with E-state index < -0.39 is 0 Å². The number of aromatic nitrogens is 4. The van der Waals surface area contributed by atoms with Crippen LogP contribution >= 0.6 is 0 Å². The molecular weight excluding hydrogens is 384 g/mol. The highest BCUT2D eigenvalue weighted by Gasteiger charge is 2.09. The molecular formula is C21H26N6O3. The van der Waals surface area contributed by atoms with Crippen LogP contribution in [0.25, 0.3) is 5.69 Å². The average Bonchev–Trinajstić information content (AvgIpc) is 3.18.